The Morgan fingerprint density at radius 2 is 1.36 bits per heavy atom. The van der Waals surface area contributed by atoms with E-state index in [1.807, 2.05) is 48.5 Å². The first-order chi connectivity index (χ1) is 13.7. The zero-order valence-electron chi connectivity index (χ0n) is 15.0. The Hall–Kier alpha value is -3.34. The fourth-order valence-electron chi connectivity index (χ4n) is 3.81. The fraction of sp³-hybridized carbons (Fsp3) is 0. The minimum atomic E-state index is -1.55. The number of hydrogen-bond donors (Lipinski definition) is 2. The lowest BCUT2D eigenvalue weighted by atomic mass is 9.77. The van der Waals surface area contributed by atoms with E-state index in [0.717, 1.165) is 38.6 Å². The third-order valence-corrected chi connectivity index (χ3v) is 5.11. The molecular formula is C24H17BO3. The topological polar surface area (TPSA) is 53.6 Å². The highest BCUT2D eigenvalue weighted by molar-refractivity contribution is 6.62. The van der Waals surface area contributed by atoms with Crippen LogP contribution in [-0.4, -0.2) is 17.2 Å². The van der Waals surface area contributed by atoms with Gasteiger partial charge in [-0.3, -0.25) is 0 Å². The number of hydrogen-bond acceptors (Lipinski definition) is 3. The maximum absolute atomic E-state index is 9.76. The summed E-state index contributed by atoms with van der Waals surface area (Å²) < 4.78 is 6.15. The maximum atomic E-state index is 9.76. The molecule has 0 saturated heterocycles. The highest BCUT2D eigenvalue weighted by atomic mass is 16.4. The standard InChI is InChI=1S/C24H17BO3/c26-25(27)21-13-6-14-22-23(21)20-12-5-11-19(24(20)28-22)18-10-4-9-17(15-18)16-7-2-1-3-8-16/h1-15,26-27H. The number of rotatable bonds is 3. The zero-order chi connectivity index (χ0) is 19.1. The van der Waals surface area contributed by atoms with Gasteiger partial charge in [-0.25, -0.2) is 0 Å². The van der Waals surface area contributed by atoms with E-state index in [1.165, 1.54) is 0 Å². The predicted octanol–water partition coefficient (Wildman–Crippen LogP) is 4.60. The molecule has 3 nitrogen and oxygen atoms in total. The maximum Gasteiger partial charge on any atom is 0.489 e. The van der Waals surface area contributed by atoms with Crippen molar-refractivity contribution in [3.8, 4) is 22.3 Å². The Morgan fingerprint density at radius 1 is 0.643 bits per heavy atom. The van der Waals surface area contributed by atoms with Gasteiger partial charge in [0.15, 0.2) is 0 Å². The Bertz CT molecular complexity index is 1290. The molecule has 0 radical (unpaired) electrons. The van der Waals surface area contributed by atoms with Crippen LogP contribution in [0.25, 0.3) is 44.2 Å². The average molecular weight is 364 g/mol. The molecule has 1 heterocycles. The van der Waals surface area contributed by atoms with Crippen molar-refractivity contribution in [1.82, 2.24) is 0 Å². The number of para-hydroxylation sites is 1. The Labute approximate surface area is 162 Å². The molecule has 0 saturated carbocycles. The molecule has 0 aliphatic carbocycles. The smallest absolute Gasteiger partial charge is 0.455 e. The van der Waals surface area contributed by atoms with Crippen LogP contribution in [0.5, 0.6) is 0 Å². The highest BCUT2D eigenvalue weighted by Crippen LogP contribution is 2.36. The molecule has 0 spiro atoms. The SMILES string of the molecule is OB(O)c1cccc2oc3c(-c4cccc(-c5ccccc5)c4)cccc3c12. The lowest BCUT2D eigenvalue weighted by Gasteiger charge is -2.07. The molecule has 0 aliphatic rings. The summed E-state index contributed by atoms with van der Waals surface area (Å²) in [5.41, 5.74) is 6.17. The van der Waals surface area contributed by atoms with Crippen molar-refractivity contribution in [1.29, 1.82) is 0 Å². The van der Waals surface area contributed by atoms with Crippen LogP contribution in [0.2, 0.25) is 0 Å². The van der Waals surface area contributed by atoms with Crippen molar-refractivity contribution in [2.24, 2.45) is 0 Å². The monoisotopic (exact) mass is 364 g/mol. The second kappa shape index (κ2) is 6.68. The van der Waals surface area contributed by atoms with Crippen LogP contribution < -0.4 is 5.46 Å². The molecule has 28 heavy (non-hydrogen) atoms. The van der Waals surface area contributed by atoms with Crippen LogP contribution in [0.1, 0.15) is 0 Å². The van der Waals surface area contributed by atoms with E-state index < -0.39 is 7.12 Å². The highest BCUT2D eigenvalue weighted by Gasteiger charge is 2.20. The van der Waals surface area contributed by atoms with Gasteiger partial charge in [-0.1, -0.05) is 78.9 Å². The summed E-state index contributed by atoms with van der Waals surface area (Å²) in [7, 11) is -1.55. The predicted molar refractivity (Wildman–Crippen MR) is 114 cm³/mol. The van der Waals surface area contributed by atoms with E-state index in [0.29, 0.717) is 11.0 Å². The number of furan rings is 1. The van der Waals surface area contributed by atoms with Crippen LogP contribution in [-0.2, 0) is 0 Å². The molecule has 0 aliphatic heterocycles. The molecule has 4 aromatic carbocycles. The van der Waals surface area contributed by atoms with Crippen LogP contribution in [0.3, 0.4) is 0 Å². The first-order valence-electron chi connectivity index (χ1n) is 9.18. The first kappa shape index (κ1) is 16.8. The van der Waals surface area contributed by atoms with E-state index in [2.05, 4.69) is 30.3 Å². The molecule has 1 aromatic heterocycles. The molecule has 0 unspecified atom stereocenters. The Kier molecular flexibility index (Phi) is 4.01. The second-order valence-corrected chi connectivity index (χ2v) is 6.83. The molecule has 2 N–H and O–H groups in total. The molecule has 0 atom stereocenters. The first-order valence-corrected chi connectivity index (χ1v) is 9.18. The summed E-state index contributed by atoms with van der Waals surface area (Å²) >= 11 is 0. The van der Waals surface area contributed by atoms with Crippen molar-refractivity contribution in [2.75, 3.05) is 0 Å². The molecule has 0 amide bonds. The van der Waals surface area contributed by atoms with Crippen molar-refractivity contribution >= 4 is 34.5 Å². The van der Waals surface area contributed by atoms with Crippen molar-refractivity contribution < 1.29 is 14.5 Å². The van der Waals surface area contributed by atoms with E-state index in [9.17, 15) is 10.0 Å². The fourth-order valence-corrected chi connectivity index (χ4v) is 3.81. The van der Waals surface area contributed by atoms with Gasteiger partial charge in [-0.2, -0.15) is 0 Å². The Balaban J connectivity index is 1.75. The summed E-state index contributed by atoms with van der Waals surface area (Å²) in [6.07, 6.45) is 0. The Morgan fingerprint density at radius 3 is 2.18 bits per heavy atom. The van der Waals surface area contributed by atoms with Crippen molar-refractivity contribution in [3.63, 3.8) is 0 Å². The van der Waals surface area contributed by atoms with Gasteiger partial charge in [0.25, 0.3) is 0 Å². The number of benzene rings is 4. The van der Waals surface area contributed by atoms with Gasteiger partial charge < -0.3 is 14.5 Å². The minimum Gasteiger partial charge on any atom is -0.455 e. The lowest BCUT2D eigenvalue weighted by Crippen LogP contribution is -2.30. The van der Waals surface area contributed by atoms with Gasteiger partial charge in [-0.15, -0.1) is 0 Å². The minimum absolute atomic E-state index is 0.450. The second-order valence-electron chi connectivity index (χ2n) is 6.83. The van der Waals surface area contributed by atoms with E-state index in [4.69, 9.17) is 4.42 Å². The van der Waals surface area contributed by atoms with Crippen LogP contribution in [0.4, 0.5) is 0 Å². The summed E-state index contributed by atoms with van der Waals surface area (Å²) in [6, 6.07) is 29.9. The van der Waals surface area contributed by atoms with Gasteiger partial charge >= 0.3 is 7.12 Å². The van der Waals surface area contributed by atoms with Crippen LogP contribution >= 0.6 is 0 Å². The molecule has 4 heteroatoms. The molecule has 134 valence electrons. The van der Waals surface area contributed by atoms with E-state index in [1.54, 1.807) is 12.1 Å². The van der Waals surface area contributed by atoms with Crippen LogP contribution in [0.15, 0.2) is 95.4 Å². The summed E-state index contributed by atoms with van der Waals surface area (Å²) in [5, 5.41) is 21.1. The van der Waals surface area contributed by atoms with Crippen molar-refractivity contribution in [2.45, 2.75) is 0 Å². The third-order valence-electron chi connectivity index (χ3n) is 5.11. The summed E-state index contributed by atoms with van der Waals surface area (Å²) in [6.45, 7) is 0. The average Bonchev–Trinajstić information content (AvgIpc) is 3.13. The summed E-state index contributed by atoms with van der Waals surface area (Å²) in [4.78, 5) is 0. The van der Waals surface area contributed by atoms with Gasteiger partial charge in [0.2, 0.25) is 0 Å². The van der Waals surface area contributed by atoms with E-state index in [-0.39, 0.29) is 0 Å². The molecule has 5 rings (SSSR count). The van der Waals surface area contributed by atoms with Gasteiger partial charge in [0, 0.05) is 16.3 Å². The van der Waals surface area contributed by atoms with Crippen LogP contribution in [0, 0.1) is 0 Å². The molecule has 5 aromatic rings. The van der Waals surface area contributed by atoms with Gasteiger partial charge in [0.1, 0.15) is 11.2 Å². The van der Waals surface area contributed by atoms with E-state index >= 15 is 0 Å². The molecular weight excluding hydrogens is 347 g/mol. The van der Waals surface area contributed by atoms with Crippen molar-refractivity contribution in [3.05, 3.63) is 91.0 Å². The third kappa shape index (κ3) is 2.71. The normalized spacial score (nSPS) is 11.2. The van der Waals surface area contributed by atoms with Gasteiger partial charge in [-0.05, 0) is 34.3 Å². The zero-order valence-corrected chi connectivity index (χ0v) is 15.0. The largest absolute Gasteiger partial charge is 0.489 e. The summed E-state index contributed by atoms with van der Waals surface area (Å²) in [5.74, 6) is 0. The molecule has 0 bridgehead atoms. The molecule has 0 fully saturated rings. The van der Waals surface area contributed by atoms with Gasteiger partial charge in [0.05, 0.1) is 0 Å². The lowest BCUT2D eigenvalue weighted by molar-refractivity contribution is 0.426. The number of fused-ring (bicyclic) bond motifs is 3. The quantitative estimate of drug-likeness (QED) is 0.460.